The summed E-state index contributed by atoms with van der Waals surface area (Å²) in [4.78, 5) is 12.6. The number of rotatable bonds is 8. The smallest absolute Gasteiger partial charge is 0.242 e. The Bertz CT molecular complexity index is 967. The van der Waals surface area contributed by atoms with E-state index in [4.69, 9.17) is 9.47 Å². The van der Waals surface area contributed by atoms with Crippen molar-refractivity contribution in [2.24, 2.45) is 0 Å². The zero-order valence-corrected chi connectivity index (χ0v) is 17.3. The normalized spacial score (nSPS) is 14.3. The van der Waals surface area contributed by atoms with Crippen molar-refractivity contribution in [1.29, 1.82) is 0 Å². The van der Waals surface area contributed by atoms with E-state index in [0.717, 1.165) is 0 Å². The van der Waals surface area contributed by atoms with E-state index in [1.54, 1.807) is 0 Å². The molecule has 1 aliphatic rings. The molecule has 0 bridgehead atoms. The summed E-state index contributed by atoms with van der Waals surface area (Å²) in [6.07, 6.45) is 2.15. The Balaban J connectivity index is 1.77. The highest BCUT2D eigenvalue weighted by Gasteiger charge is 2.27. The zero-order chi connectivity index (χ0) is 20.9. The van der Waals surface area contributed by atoms with Gasteiger partial charge in [-0.25, -0.2) is 12.8 Å². The van der Waals surface area contributed by atoms with Gasteiger partial charge in [-0.3, -0.25) is 4.79 Å². The second kappa shape index (κ2) is 9.47. The second-order valence-corrected chi connectivity index (χ2v) is 8.96. The molecule has 29 heavy (non-hydrogen) atoms. The van der Waals surface area contributed by atoms with E-state index in [9.17, 15) is 17.6 Å². The van der Waals surface area contributed by atoms with E-state index < -0.39 is 27.8 Å². The molecule has 1 heterocycles. The van der Waals surface area contributed by atoms with Crippen molar-refractivity contribution >= 4 is 33.4 Å². The number of amides is 1. The SMILES string of the molecule is CSCC[C@H](NS(=O)(=O)c1ccc2c(c1)OCCO2)C(=O)Nc1ccc(F)cc1. The molecule has 1 aliphatic heterocycles. The van der Waals surface area contributed by atoms with E-state index in [0.29, 0.717) is 36.2 Å². The number of fused-ring (bicyclic) bond motifs is 1. The Hall–Kier alpha value is -2.30. The molecule has 0 unspecified atom stereocenters. The minimum atomic E-state index is -3.98. The molecule has 0 aliphatic carbocycles. The number of thioether (sulfide) groups is 1. The maximum atomic E-state index is 13.1. The lowest BCUT2D eigenvalue weighted by atomic mass is 10.2. The molecule has 0 saturated carbocycles. The fraction of sp³-hybridized carbons (Fsp3) is 0.316. The number of ether oxygens (including phenoxy) is 2. The predicted octanol–water partition coefficient (Wildman–Crippen LogP) is 2.64. The van der Waals surface area contributed by atoms with Crippen LogP contribution in [0.2, 0.25) is 0 Å². The van der Waals surface area contributed by atoms with Crippen LogP contribution in [-0.2, 0) is 14.8 Å². The first-order valence-electron chi connectivity index (χ1n) is 8.86. The van der Waals surface area contributed by atoms with Crippen LogP contribution in [0.3, 0.4) is 0 Å². The molecule has 7 nitrogen and oxygen atoms in total. The summed E-state index contributed by atoms with van der Waals surface area (Å²) in [7, 11) is -3.98. The van der Waals surface area contributed by atoms with Gasteiger partial charge in [-0.05, 0) is 54.8 Å². The Labute approximate surface area is 173 Å². The number of carbonyl (C=O) groups is 1. The van der Waals surface area contributed by atoms with Gasteiger partial charge in [0.15, 0.2) is 11.5 Å². The molecule has 1 atom stereocenters. The van der Waals surface area contributed by atoms with E-state index in [1.807, 2.05) is 6.26 Å². The number of sulfonamides is 1. The monoisotopic (exact) mass is 440 g/mol. The van der Waals surface area contributed by atoms with Crippen LogP contribution in [0, 0.1) is 5.82 Å². The summed E-state index contributed by atoms with van der Waals surface area (Å²) in [5.74, 6) is 0.442. The number of halogens is 1. The van der Waals surface area contributed by atoms with Gasteiger partial charge in [0.05, 0.1) is 4.90 Å². The third-order valence-corrected chi connectivity index (χ3v) is 6.27. The van der Waals surface area contributed by atoms with E-state index in [-0.39, 0.29) is 11.3 Å². The topological polar surface area (TPSA) is 93.7 Å². The molecule has 2 N–H and O–H groups in total. The third kappa shape index (κ3) is 5.62. The van der Waals surface area contributed by atoms with Gasteiger partial charge in [-0.15, -0.1) is 0 Å². The van der Waals surface area contributed by atoms with E-state index in [1.165, 1.54) is 54.2 Å². The molecule has 0 spiro atoms. The van der Waals surface area contributed by atoms with Gasteiger partial charge in [0.1, 0.15) is 25.1 Å². The van der Waals surface area contributed by atoms with Crippen molar-refractivity contribution in [1.82, 2.24) is 4.72 Å². The molecular formula is C19H21FN2O5S2. The van der Waals surface area contributed by atoms with Crippen LogP contribution < -0.4 is 19.5 Å². The van der Waals surface area contributed by atoms with Gasteiger partial charge >= 0.3 is 0 Å². The van der Waals surface area contributed by atoms with Gasteiger partial charge < -0.3 is 14.8 Å². The maximum Gasteiger partial charge on any atom is 0.242 e. The fourth-order valence-electron chi connectivity index (χ4n) is 2.69. The molecule has 0 fully saturated rings. The summed E-state index contributed by atoms with van der Waals surface area (Å²) in [5.41, 5.74) is 0.379. The maximum absolute atomic E-state index is 13.1. The highest BCUT2D eigenvalue weighted by molar-refractivity contribution is 7.98. The van der Waals surface area contributed by atoms with Crippen LogP contribution in [-0.4, -0.2) is 45.6 Å². The molecule has 1 amide bonds. The van der Waals surface area contributed by atoms with Crippen LogP contribution in [0.1, 0.15) is 6.42 Å². The fourth-order valence-corrected chi connectivity index (χ4v) is 4.40. The molecular weight excluding hydrogens is 419 g/mol. The van der Waals surface area contributed by atoms with Crippen molar-refractivity contribution in [3.05, 3.63) is 48.3 Å². The molecule has 2 aromatic rings. The highest BCUT2D eigenvalue weighted by atomic mass is 32.2. The van der Waals surface area contributed by atoms with Gasteiger partial charge in [-0.2, -0.15) is 16.5 Å². The summed E-state index contributed by atoms with van der Waals surface area (Å²) in [6.45, 7) is 0.734. The summed E-state index contributed by atoms with van der Waals surface area (Å²) in [6, 6.07) is 8.56. The number of carbonyl (C=O) groups excluding carboxylic acids is 1. The first-order valence-corrected chi connectivity index (χ1v) is 11.7. The van der Waals surface area contributed by atoms with E-state index >= 15 is 0 Å². The van der Waals surface area contributed by atoms with Crippen molar-refractivity contribution in [2.45, 2.75) is 17.4 Å². The lowest BCUT2D eigenvalue weighted by molar-refractivity contribution is -0.117. The molecule has 156 valence electrons. The molecule has 2 aromatic carbocycles. The number of hydrogen-bond donors (Lipinski definition) is 2. The Morgan fingerprint density at radius 1 is 1.14 bits per heavy atom. The first-order chi connectivity index (χ1) is 13.9. The number of anilines is 1. The Morgan fingerprint density at radius 2 is 1.83 bits per heavy atom. The molecule has 3 rings (SSSR count). The van der Waals surface area contributed by atoms with Crippen molar-refractivity contribution in [3.63, 3.8) is 0 Å². The van der Waals surface area contributed by atoms with Crippen LogP contribution in [0.25, 0.3) is 0 Å². The molecule has 0 aromatic heterocycles. The van der Waals surface area contributed by atoms with Crippen molar-refractivity contribution in [2.75, 3.05) is 30.5 Å². The standard InChI is InChI=1S/C19H21FN2O5S2/c1-28-11-8-16(19(23)21-14-4-2-13(20)3-5-14)22-29(24,25)15-6-7-17-18(12-15)27-10-9-26-17/h2-7,12,16,22H,8-11H2,1H3,(H,21,23)/t16-/m0/s1. The van der Waals surface area contributed by atoms with Crippen molar-refractivity contribution < 1.29 is 27.1 Å². The van der Waals surface area contributed by atoms with Gasteiger partial charge in [0, 0.05) is 11.8 Å². The minimum Gasteiger partial charge on any atom is -0.486 e. The lowest BCUT2D eigenvalue weighted by Crippen LogP contribution is -2.44. The van der Waals surface area contributed by atoms with Crippen LogP contribution in [0.4, 0.5) is 10.1 Å². The van der Waals surface area contributed by atoms with Crippen LogP contribution in [0.15, 0.2) is 47.4 Å². The number of nitrogens with one attached hydrogen (secondary N) is 2. The summed E-state index contributed by atoms with van der Waals surface area (Å²) in [5, 5.41) is 2.62. The highest BCUT2D eigenvalue weighted by Crippen LogP contribution is 2.32. The summed E-state index contributed by atoms with van der Waals surface area (Å²) >= 11 is 1.50. The Kier molecular flexibility index (Phi) is 6.99. The van der Waals surface area contributed by atoms with Crippen molar-refractivity contribution in [3.8, 4) is 11.5 Å². The molecule has 10 heteroatoms. The average molecular weight is 441 g/mol. The number of benzene rings is 2. The predicted molar refractivity (Wildman–Crippen MR) is 110 cm³/mol. The van der Waals surface area contributed by atoms with Crippen LogP contribution in [0.5, 0.6) is 11.5 Å². The quantitative estimate of drug-likeness (QED) is 0.656. The minimum absolute atomic E-state index is 0.0227. The largest absolute Gasteiger partial charge is 0.486 e. The Morgan fingerprint density at radius 3 is 2.52 bits per heavy atom. The lowest BCUT2D eigenvalue weighted by Gasteiger charge is -2.21. The van der Waals surface area contributed by atoms with E-state index in [2.05, 4.69) is 10.0 Å². The van der Waals surface area contributed by atoms with Gasteiger partial charge in [0.2, 0.25) is 15.9 Å². The van der Waals surface area contributed by atoms with Crippen LogP contribution >= 0.6 is 11.8 Å². The van der Waals surface area contributed by atoms with Gasteiger partial charge in [-0.1, -0.05) is 0 Å². The summed E-state index contributed by atoms with van der Waals surface area (Å²) < 4.78 is 52.0. The van der Waals surface area contributed by atoms with Gasteiger partial charge in [0.25, 0.3) is 0 Å². The second-order valence-electron chi connectivity index (χ2n) is 6.26. The first kappa shape index (κ1) is 21.4. The molecule has 0 radical (unpaired) electrons. The zero-order valence-electron chi connectivity index (χ0n) is 15.7. The average Bonchev–Trinajstić information content (AvgIpc) is 2.72. The number of hydrogen-bond acceptors (Lipinski definition) is 6. The third-order valence-electron chi connectivity index (χ3n) is 4.16. The molecule has 0 saturated heterocycles.